The quantitative estimate of drug-likeness (QED) is 0.398. The van der Waals surface area contributed by atoms with Crippen molar-refractivity contribution in [1.82, 2.24) is 4.98 Å². The smallest absolute Gasteiger partial charge is 0.420 e. The van der Waals surface area contributed by atoms with E-state index in [1.54, 1.807) is 27.7 Å². The second-order valence-electron chi connectivity index (χ2n) is 11.2. The molecule has 212 valence electrons. The Hall–Kier alpha value is -2.88. The molecule has 1 fully saturated rings. The molecule has 1 saturated heterocycles. The average Bonchev–Trinajstić information content (AvgIpc) is 2.75. The number of piperidine rings is 1. The van der Waals surface area contributed by atoms with Crippen LogP contribution in [0, 0.1) is 18.2 Å². The van der Waals surface area contributed by atoms with E-state index >= 15 is 4.39 Å². The van der Waals surface area contributed by atoms with E-state index in [2.05, 4.69) is 18.8 Å². The lowest BCUT2D eigenvalue weighted by Crippen LogP contribution is -2.38. The summed E-state index contributed by atoms with van der Waals surface area (Å²) in [6.45, 7) is 13.7. The van der Waals surface area contributed by atoms with E-state index in [0.29, 0.717) is 30.0 Å². The normalized spacial score (nSPS) is 15.5. The molecule has 0 radical (unpaired) electrons. The molecule has 0 spiro atoms. The fourth-order valence-electron chi connectivity index (χ4n) is 4.16. The predicted octanol–water partition coefficient (Wildman–Crippen LogP) is 6.64. The molecule has 1 aromatic heterocycles. The van der Waals surface area contributed by atoms with Gasteiger partial charge in [-0.25, -0.2) is 4.39 Å². The first-order valence-electron chi connectivity index (χ1n) is 12.6. The Morgan fingerprint density at radius 1 is 1.13 bits per heavy atom. The van der Waals surface area contributed by atoms with E-state index in [1.165, 1.54) is 13.1 Å². The van der Waals surface area contributed by atoms with Gasteiger partial charge in [0.15, 0.2) is 11.6 Å². The summed E-state index contributed by atoms with van der Waals surface area (Å²) in [4.78, 5) is 17.9. The average molecular weight is 543 g/mol. The van der Waals surface area contributed by atoms with Crippen LogP contribution in [0.1, 0.15) is 71.2 Å². The molecule has 6 nitrogen and oxygen atoms in total. The Morgan fingerprint density at radius 3 is 2.16 bits per heavy atom. The van der Waals surface area contributed by atoms with Crippen molar-refractivity contribution in [2.75, 3.05) is 24.6 Å². The number of alkyl halides is 3. The summed E-state index contributed by atoms with van der Waals surface area (Å²) >= 11 is 0. The van der Waals surface area contributed by atoms with Crippen LogP contribution in [-0.2, 0) is 17.4 Å². The number of rotatable bonds is 6. The molecule has 0 saturated carbocycles. The van der Waals surface area contributed by atoms with Gasteiger partial charge < -0.3 is 19.8 Å². The molecule has 1 aromatic carbocycles. The molecule has 3 rings (SSSR count). The first-order chi connectivity index (χ1) is 17.4. The van der Waals surface area contributed by atoms with Gasteiger partial charge in [0.25, 0.3) is 0 Å². The number of carboxylic acid groups (broad SMARTS) is 1. The number of aryl methyl sites for hydroxylation is 1. The SMILES string of the molecule is CC(C)(C)O.CCOc1c(C(F)(F)F)ccc(-c2cnc(C)c(CC(=O)O)c2N2CCC(C)(C)CC2)c1F. The summed E-state index contributed by atoms with van der Waals surface area (Å²) in [5, 5.41) is 18.0. The van der Waals surface area contributed by atoms with Gasteiger partial charge in [0.05, 0.1) is 24.3 Å². The van der Waals surface area contributed by atoms with Crippen LogP contribution in [0.15, 0.2) is 18.3 Å². The van der Waals surface area contributed by atoms with Gasteiger partial charge >= 0.3 is 12.1 Å². The molecular weight excluding hydrogens is 504 g/mol. The number of carbonyl (C=O) groups is 1. The predicted molar refractivity (Wildman–Crippen MR) is 139 cm³/mol. The van der Waals surface area contributed by atoms with Crippen LogP contribution in [0.5, 0.6) is 5.75 Å². The second kappa shape index (κ2) is 11.9. The first-order valence-corrected chi connectivity index (χ1v) is 12.6. The van der Waals surface area contributed by atoms with E-state index in [9.17, 15) is 23.1 Å². The molecular formula is C28H38F4N2O4. The molecule has 38 heavy (non-hydrogen) atoms. The molecule has 1 aliphatic rings. The Balaban J connectivity index is 0.000000926. The minimum absolute atomic E-state index is 0.105. The highest BCUT2D eigenvalue weighted by Crippen LogP contribution is 2.45. The Bertz CT molecular complexity index is 1130. The van der Waals surface area contributed by atoms with Gasteiger partial charge in [-0.05, 0) is 58.9 Å². The number of benzene rings is 1. The van der Waals surface area contributed by atoms with E-state index in [4.69, 9.17) is 9.84 Å². The Labute approximate surface area is 221 Å². The van der Waals surface area contributed by atoms with E-state index < -0.39 is 34.9 Å². The minimum Gasteiger partial charge on any atom is -0.490 e. The molecule has 0 unspecified atom stereocenters. The summed E-state index contributed by atoms with van der Waals surface area (Å²) in [5.41, 5.74) is -0.0309. The fraction of sp³-hybridized carbons (Fsp3) is 0.571. The Morgan fingerprint density at radius 2 is 1.68 bits per heavy atom. The monoisotopic (exact) mass is 542 g/mol. The number of pyridine rings is 1. The molecule has 0 aliphatic carbocycles. The number of halogens is 4. The summed E-state index contributed by atoms with van der Waals surface area (Å²) in [5.74, 6) is -3.08. The van der Waals surface area contributed by atoms with Crippen molar-refractivity contribution in [3.63, 3.8) is 0 Å². The molecule has 10 heteroatoms. The lowest BCUT2D eigenvalue weighted by molar-refractivity contribution is -0.139. The zero-order valence-electron chi connectivity index (χ0n) is 23.1. The van der Waals surface area contributed by atoms with Gasteiger partial charge in [0.1, 0.15) is 5.56 Å². The third kappa shape index (κ3) is 8.31. The largest absolute Gasteiger partial charge is 0.490 e. The van der Waals surface area contributed by atoms with Gasteiger partial charge in [-0.3, -0.25) is 9.78 Å². The fourth-order valence-corrected chi connectivity index (χ4v) is 4.16. The summed E-state index contributed by atoms with van der Waals surface area (Å²) in [6, 6.07) is 1.86. The number of hydrogen-bond donors (Lipinski definition) is 2. The number of hydrogen-bond acceptors (Lipinski definition) is 5. The first kappa shape index (κ1) is 31.3. The molecule has 2 aromatic rings. The van der Waals surface area contributed by atoms with Crippen LogP contribution in [0.3, 0.4) is 0 Å². The topological polar surface area (TPSA) is 82.9 Å². The van der Waals surface area contributed by atoms with Crippen molar-refractivity contribution >= 4 is 11.7 Å². The highest BCUT2D eigenvalue weighted by Gasteiger charge is 2.37. The van der Waals surface area contributed by atoms with Gasteiger partial charge in [0.2, 0.25) is 0 Å². The molecule has 0 atom stereocenters. The van der Waals surface area contributed by atoms with Gasteiger partial charge in [-0.15, -0.1) is 0 Å². The number of ether oxygens (including phenoxy) is 1. The van der Waals surface area contributed by atoms with Crippen molar-refractivity contribution < 1.29 is 37.3 Å². The Kier molecular flexibility index (Phi) is 9.80. The van der Waals surface area contributed by atoms with Crippen molar-refractivity contribution in [3.8, 4) is 16.9 Å². The molecule has 0 bridgehead atoms. The summed E-state index contributed by atoms with van der Waals surface area (Å²) in [6.07, 6.45) is -2.05. The van der Waals surface area contributed by atoms with Gasteiger partial charge in [-0.1, -0.05) is 19.9 Å². The maximum Gasteiger partial charge on any atom is 0.420 e. The van der Waals surface area contributed by atoms with Gasteiger partial charge in [0, 0.05) is 41.7 Å². The number of carboxylic acids is 1. The molecule has 0 amide bonds. The van der Waals surface area contributed by atoms with Crippen molar-refractivity contribution in [1.29, 1.82) is 0 Å². The maximum atomic E-state index is 15.5. The number of aliphatic carboxylic acids is 1. The van der Waals surface area contributed by atoms with Crippen LogP contribution in [0.2, 0.25) is 0 Å². The van der Waals surface area contributed by atoms with E-state index in [0.717, 1.165) is 25.0 Å². The van der Waals surface area contributed by atoms with Crippen molar-refractivity contribution in [3.05, 3.63) is 41.0 Å². The van der Waals surface area contributed by atoms with Crippen LogP contribution in [0.25, 0.3) is 11.1 Å². The van der Waals surface area contributed by atoms with E-state index in [-0.39, 0.29) is 29.6 Å². The number of anilines is 1. The number of aliphatic hydroxyl groups is 1. The second-order valence-corrected chi connectivity index (χ2v) is 11.2. The lowest BCUT2D eigenvalue weighted by atomic mass is 9.82. The number of nitrogens with zero attached hydrogens (tertiary/aromatic N) is 2. The highest BCUT2D eigenvalue weighted by atomic mass is 19.4. The van der Waals surface area contributed by atoms with Crippen LogP contribution in [0.4, 0.5) is 23.2 Å². The van der Waals surface area contributed by atoms with Crippen LogP contribution in [-0.4, -0.2) is 46.5 Å². The third-order valence-corrected chi connectivity index (χ3v) is 6.11. The zero-order chi connectivity index (χ0) is 29.1. The van der Waals surface area contributed by atoms with Crippen LogP contribution < -0.4 is 9.64 Å². The third-order valence-electron chi connectivity index (χ3n) is 6.11. The number of aromatic nitrogens is 1. The van der Waals surface area contributed by atoms with Crippen molar-refractivity contribution in [2.45, 2.75) is 79.5 Å². The maximum absolute atomic E-state index is 15.5. The molecule has 2 N–H and O–H groups in total. The minimum atomic E-state index is -4.79. The molecule has 1 aliphatic heterocycles. The molecule has 2 heterocycles. The van der Waals surface area contributed by atoms with Gasteiger partial charge in [-0.2, -0.15) is 13.2 Å². The lowest BCUT2D eigenvalue weighted by Gasteiger charge is -2.40. The highest BCUT2D eigenvalue weighted by molar-refractivity contribution is 5.85. The summed E-state index contributed by atoms with van der Waals surface area (Å²) < 4.78 is 60.9. The van der Waals surface area contributed by atoms with Crippen LogP contribution >= 0.6 is 0 Å². The summed E-state index contributed by atoms with van der Waals surface area (Å²) in [7, 11) is 0. The van der Waals surface area contributed by atoms with Crippen molar-refractivity contribution in [2.24, 2.45) is 5.41 Å². The van der Waals surface area contributed by atoms with E-state index in [1.807, 2.05) is 4.90 Å². The standard InChI is InChI=1S/C24H28F4N2O3.C4H10O/c1-5-33-22-18(24(26,27)28)7-6-15(20(22)25)17-13-29-14(2)16(12-19(31)32)21(17)30-10-8-23(3,4)9-11-30;1-4(2,3)5/h6-7,13H,5,8-12H2,1-4H3,(H,31,32);5H,1-3H3. The zero-order valence-corrected chi connectivity index (χ0v) is 23.1.